The Morgan fingerprint density at radius 2 is 2.17 bits per heavy atom. The lowest BCUT2D eigenvalue weighted by Crippen LogP contribution is -2.39. The summed E-state index contributed by atoms with van der Waals surface area (Å²) >= 11 is 0. The van der Waals surface area contributed by atoms with Crippen LogP contribution in [0.15, 0.2) is 24.7 Å². The highest BCUT2D eigenvalue weighted by molar-refractivity contribution is 5.48. The van der Waals surface area contributed by atoms with Gasteiger partial charge in [-0.2, -0.15) is 19.7 Å². The second-order valence-electron chi connectivity index (χ2n) is 6.62. The Hall–Kier alpha value is -2.48. The molecule has 0 spiro atoms. The average Bonchev–Trinajstić information content (AvgIpc) is 3.19. The fraction of sp³-hybridized carbons (Fsp3) is 0.500. The Labute approximate surface area is 140 Å². The summed E-state index contributed by atoms with van der Waals surface area (Å²) in [4.78, 5) is 13.3. The molecule has 8 heteroatoms. The Balaban J connectivity index is 1.70. The van der Waals surface area contributed by atoms with E-state index in [-0.39, 0.29) is 0 Å². The van der Waals surface area contributed by atoms with E-state index < -0.39 is 0 Å². The summed E-state index contributed by atoms with van der Waals surface area (Å²) in [6, 6.07) is 4.52. The van der Waals surface area contributed by atoms with Crippen molar-refractivity contribution >= 4 is 11.6 Å². The first-order valence-corrected chi connectivity index (χ1v) is 8.21. The van der Waals surface area contributed by atoms with Gasteiger partial charge in [0, 0.05) is 24.5 Å². The molecule has 4 rings (SSSR count). The number of hydrogen-bond acceptors (Lipinski definition) is 6. The smallest absolute Gasteiger partial charge is 0.254 e. The van der Waals surface area contributed by atoms with Gasteiger partial charge in [0.05, 0.1) is 18.3 Å². The second-order valence-corrected chi connectivity index (χ2v) is 6.62. The van der Waals surface area contributed by atoms with E-state index >= 15 is 0 Å². The van der Waals surface area contributed by atoms with Crippen LogP contribution in [0.4, 0.5) is 5.82 Å². The number of aromatic nitrogens is 6. The van der Waals surface area contributed by atoms with E-state index in [1.165, 1.54) is 5.69 Å². The van der Waals surface area contributed by atoms with Crippen LogP contribution in [0.5, 0.6) is 0 Å². The zero-order valence-corrected chi connectivity index (χ0v) is 14.3. The van der Waals surface area contributed by atoms with Crippen molar-refractivity contribution in [2.24, 2.45) is 0 Å². The molecule has 3 aromatic rings. The van der Waals surface area contributed by atoms with Crippen LogP contribution in [-0.4, -0.2) is 61.4 Å². The number of rotatable bonds is 4. The van der Waals surface area contributed by atoms with Crippen molar-refractivity contribution in [2.45, 2.75) is 25.9 Å². The van der Waals surface area contributed by atoms with E-state index in [2.05, 4.69) is 60.9 Å². The Morgan fingerprint density at radius 3 is 3.00 bits per heavy atom. The van der Waals surface area contributed by atoms with Gasteiger partial charge in [-0.1, -0.05) is 0 Å². The van der Waals surface area contributed by atoms with E-state index in [0.29, 0.717) is 11.8 Å². The van der Waals surface area contributed by atoms with Gasteiger partial charge in [-0.15, -0.1) is 0 Å². The highest BCUT2D eigenvalue weighted by Crippen LogP contribution is 2.27. The quantitative estimate of drug-likeness (QED) is 0.716. The highest BCUT2D eigenvalue weighted by atomic mass is 15.4. The van der Waals surface area contributed by atoms with Gasteiger partial charge in [0.25, 0.3) is 5.78 Å². The first-order chi connectivity index (χ1) is 11.6. The maximum absolute atomic E-state index is 4.54. The lowest BCUT2D eigenvalue weighted by atomic mass is 10.1. The van der Waals surface area contributed by atoms with Crippen LogP contribution < -0.4 is 4.90 Å². The summed E-state index contributed by atoms with van der Waals surface area (Å²) < 4.78 is 3.99. The van der Waals surface area contributed by atoms with Gasteiger partial charge in [0.2, 0.25) is 0 Å². The molecule has 8 nitrogen and oxygen atoms in total. The van der Waals surface area contributed by atoms with Crippen molar-refractivity contribution in [3.63, 3.8) is 0 Å². The normalized spacial score (nSPS) is 17.7. The minimum Gasteiger partial charge on any atom is -0.348 e. The molecule has 0 radical (unpaired) electrons. The summed E-state index contributed by atoms with van der Waals surface area (Å²) in [7, 11) is 4.21. The molecule has 0 fully saturated rings. The predicted octanol–water partition coefficient (Wildman–Crippen LogP) is 1.14. The SMILES string of the molecule is Cc1cc(N2Cc3ccnn3C(CCN(C)C)C2)n2ncnc2n1. The van der Waals surface area contributed by atoms with Crippen LogP contribution in [0.25, 0.3) is 5.78 Å². The maximum Gasteiger partial charge on any atom is 0.254 e. The summed E-state index contributed by atoms with van der Waals surface area (Å²) in [6.07, 6.45) is 4.51. The molecule has 0 amide bonds. The van der Waals surface area contributed by atoms with E-state index in [1.807, 2.05) is 17.6 Å². The number of anilines is 1. The van der Waals surface area contributed by atoms with Gasteiger partial charge < -0.3 is 9.80 Å². The van der Waals surface area contributed by atoms with Crippen molar-refractivity contribution in [1.29, 1.82) is 0 Å². The molecule has 1 unspecified atom stereocenters. The molecule has 4 heterocycles. The van der Waals surface area contributed by atoms with Crippen molar-refractivity contribution in [3.05, 3.63) is 36.0 Å². The van der Waals surface area contributed by atoms with Gasteiger partial charge in [-0.3, -0.25) is 4.68 Å². The van der Waals surface area contributed by atoms with Crippen molar-refractivity contribution in [3.8, 4) is 0 Å². The van der Waals surface area contributed by atoms with Gasteiger partial charge in [-0.05, 0) is 40.1 Å². The zero-order chi connectivity index (χ0) is 16.7. The summed E-state index contributed by atoms with van der Waals surface area (Å²) in [5, 5.41) is 8.89. The number of hydrogen-bond donors (Lipinski definition) is 0. The molecule has 126 valence electrons. The molecule has 0 N–H and O–H groups in total. The standard InChI is InChI=1S/C16H22N8/c1-12-8-15(24-16(20-12)17-11-19-24)22-9-13-4-6-18-23(13)14(10-22)5-7-21(2)3/h4,6,8,11,14H,5,7,9-10H2,1-3H3. The summed E-state index contributed by atoms with van der Waals surface area (Å²) in [5.41, 5.74) is 2.18. The van der Waals surface area contributed by atoms with Gasteiger partial charge in [0.15, 0.2) is 0 Å². The number of fused-ring (bicyclic) bond motifs is 2. The molecule has 1 aliphatic heterocycles. The number of aryl methyl sites for hydroxylation is 1. The maximum atomic E-state index is 4.54. The second kappa shape index (κ2) is 5.86. The van der Waals surface area contributed by atoms with Crippen LogP contribution in [0, 0.1) is 6.92 Å². The molecule has 1 atom stereocenters. The first-order valence-electron chi connectivity index (χ1n) is 8.21. The molecular formula is C16H22N8. The molecule has 24 heavy (non-hydrogen) atoms. The summed E-state index contributed by atoms with van der Waals surface area (Å²) in [6.45, 7) is 4.75. The largest absolute Gasteiger partial charge is 0.348 e. The van der Waals surface area contributed by atoms with Crippen molar-refractivity contribution in [2.75, 3.05) is 32.1 Å². The van der Waals surface area contributed by atoms with Crippen LogP contribution in [0.3, 0.4) is 0 Å². The van der Waals surface area contributed by atoms with Gasteiger partial charge in [-0.25, -0.2) is 4.98 Å². The van der Waals surface area contributed by atoms with Crippen LogP contribution in [0.2, 0.25) is 0 Å². The average molecular weight is 326 g/mol. The van der Waals surface area contributed by atoms with Gasteiger partial charge >= 0.3 is 0 Å². The minimum atomic E-state index is 0.346. The zero-order valence-electron chi connectivity index (χ0n) is 14.3. The minimum absolute atomic E-state index is 0.346. The topological polar surface area (TPSA) is 67.4 Å². The summed E-state index contributed by atoms with van der Waals surface area (Å²) in [5.74, 6) is 1.69. The Kier molecular flexibility index (Phi) is 3.68. The van der Waals surface area contributed by atoms with Crippen molar-refractivity contribution < 1.29 is 0 Å². The fourth-order valence-corrected chi connectivity index (χ4v) is 3.32. The molecule has 0 saturated heterocycles. The highest BCUT2D eigenvalue weighted by Gasteiger charge is 2.27. The molecule has 1 aliphatic rings. The van der Waals surface area contributed by atoms with E-state index in [4.69, 9.17) is 0 Å². The van der Waals surface area contributed by atoms with Gasteiger partial charge in [0.1, 0.15) is 12.1 Å². The van der Waals surface area contributed by atoms with Crippen LogP contribution >= 0.6 is 0 Å². The Bertz CT molecular complexity index is 849. The molecular weight excluding hydrogens is 304 g/mol. The van der Waals surface area contributed by atoms with Crippen LogP contribution in [0.1, 0.15) is 23.9 Å². The lowest BCUT2D eigenvalue weighted by molar-refractivity contribution is 0.314. The molecule has 0 saturated carbocycles. The monoisotopic (exact) mass is 326 g/mol. The molecule has 0 bridgehead atoms. The molecule has 0 aliphatic carbocycles. The molecule has 0 aromatic carbocycles. The Morgan fingerprint density at radius 1 is 1.29 bits per heavy atom. The van der Waals surface area contributed by atoms with E-state index in [0.717, 1.165) is 37.6 Å². The lowest BCUT2D eigenvalue weighted by Gasteiger charge is -2.35. The number of nitrogens with zero attached hydrogens (tertiary/aromatic N) is 8. The van der Waals surface area contributed by atoms with Crippen molar-refractivity contribution in [1.82, 2.24) is 34.3 Å². The first kappa shape index (κ1) is 15.1. The van der Waals surface area contributed by atoms with Crippen LogP contribution in [-0.2, 0) is 6.54 Å². The molecule has 3 aromatic heterocycles. The fourth-order valence-electron chi connectivity index (χ4n) is 3.32. The third kappa shape index (κ3) is 2.62. The van der Waals surface area contributed by atoms with E-state index in [1.54, 1.807) is 6.33 Å². The third-order valence-electron chi connectivity index (χ3n) is 4.48. The predicted molar refractivity (Wildman–Crippen MR) is 91.0 cm³/mol. The van der Waals surface area contributed by atoms with E-state index in [9.17, 15) is 0 Å². The third-order valence-corrected chi connectivity index (χ3v) is 4.48.